The van der Waals surface area contributed by atoms with Crippen LogP contribution in [0.2, 0.25) is 0 Å². The lowest BCUT2D eigenvalue weighted by molar-refractivity contribution is 0.199. The second kappa shape index (κ2) is 6.37. The molecule has 2 N–H and O–H groups in total. The number of aliphatic hydroxyl groups is 1. The maximum Gasteiger partial charge on any atom is 0.295 e. The quantitative estimate of drug-likeness (QED) is 0.774. The van der Waals surface area contributed by atoms with Gasteiger partial charge in [-0.05, 0) is 43.7 Å². The first kappa shape index (κ1) is 16.1. The van der Waals surface area contributed by atoms with Gasteiger partial charge in [-0.25, -0.2) is 4.68 Å². The summed E-state index contributed by atoms with van der Waals surface area (Å²) in [5.74, 6) is 0. The van der Waals surface area contributed by atoms with E-state index in [1.165, 1.54) is 0 Å². The molecule has 24 heavy (non-hydrogen) atoms. The van der Waals surface area contributed by atoms with Crippen molar-refractivity contribution in [1.82, 2.24) is 9.36 Å². The Morgan fingerprint density at radius 2 is 1.67 bits per heavy atom. The molecule has 2 aromatic carbocycles. The summed E-state index contributed by atoms with van der Waals surface area (Å²) in [4.78, 5) is 12.8. The van der Waals surface area contributed by atoms with Crippen molar-refractivity contribution in [2.75, 3.05) is 5.32 Å². The van der Waals surface area contributed by atoms with Gasteiger partial charge in [-0.3, -0.25) is 9.48 Å². The summed E-state index contributed by atoms with van der Waals surface area (Å²) in [5, 5.41) is 12.8. The van der Waals surface area contributed by atoms with Crippen LogP contribution >= 0.6 is 0 Å². The molecule has 0 saturated carbocycles. The van der Waals surface area contributed by atoms with Crippen LogP contribution in [-0.4, -0.2) is 14.5 Å². The van der Waals surface area contributed by atoms with Crippen LogP contribution in [0.25, 0.3) is 5.69 Å². The smallest absolute Gasteiger partial charge is 0.295 e. The number of hydrogen-bond acceptors (Lipinski definition) is 3. The number of para-hydroxylation sites is 1. The van der Waals surface area contributed by atoms with Gasteiger partial charge in [0.2, 0.25) is 0 Å². The van der Waals surface area contributed by atoms with E-state index in [0.29, 0.717) is 5.69 Å². The molecule has 5 nitrogen and oxygen atoms in total. The van der Waals surface area contributed by atoms with Crippen LogP contribution in [0, 0.1) is 6.92 Å². The number of aliphatic hydroxyl groups excluding tert-OH is 1. The molecule has 5 heteroatoms. The molecule has 0 amide bonds. The van der Waals surface area contributed by atoms with Gasteiger partial charge in [0.1, 0.15) is 5.69 Å². The van der Waals surface area contributed by atoms with Crippen molar-refractivity contribution < 1.29 is 5.11 Å². The zero-order chi connectivity index (χ0) is 17.3. The van der Waals surface area contributed by atoms with Gasteiger partial charge in [0.25, 0.3) is 5.56 Å². The van der Waals surface area contributed by atoms with Crippen LogP contribution in [0.4, 0.5) is 11.4 Å². The minimum absolute atomic E-state index is 0.0965. The number of rotatable bonds is 4. The fraction of sp³-hybridized carbons (Fsp3) is 0.211. The summed E-state index contributed by atoms with van der Waals surface area (Å²) in [6.07, 6.45) is -0.507. The molecule has 0 aliphatic heterocycles. The van der Waals surface area contributed by atoms with Gasteiger partial charge in [-0.15, -0.1) is 0 Å². The van der Waals surface area contributed by atoms with Gasteiger partial charge in [0.05, 0.1) is 17.5 Å². The number of hydrogen-bond donors (Lipinski definition) is 2. The van der Waals surface area contributed by atoms with Crippen LogP contribution in [0.5, 0.6) is 0 Å². The van der Waals surface area contributed by atoms with E-state index in [2.05, 4.69) is 5.32 Å². The Morgan fingerprint density at radius 3 is 2.25 bits per heavy atom. The van der Waals surface area contributed by atoms with Crippen LogP contribution < -0.4 is 10.9 Å². The monoisotopic (exact) mass is 323 g/mol. The van der Waals surface area contributed by atoms with Crippen molar-refractivity contribution in [3.05, 3.63) is 76.2 Å². The Morgan fingerprint density at radius 1 is 1.04 bits per heavy atom. The molecule has 1 aromatic heterocycles. The average Bonchev–Trinajstić information content (AvgIpc) is 2.80. The van der Waals surface area contributed by atoms with Crippen LogP contribution in [0.3, 0.4) is 0 Å². The Labute approximate surface area is 140 Å². The lowest BCUT2D eigenvalue weighted by Gasteiger charge is -2.08. The Hall–Kier alpha value is -2.79. The first-order valence-electron chi connectivity index (χ1n) is 7.88. The predicted molar refractivity (Wildman–Crippen MR) is 96.1 cm³/mol. The lowest BCUT2D eigenvalue weighted by atomic mass is 10.1. The fourth-order valence-corrected chi connectivity index (χ4v) is 2.70. The summed E-state index contributed by atoms with van der Waals surface area (Å²) >= 11 is 0. The Kier molecular flexibility index (Phi) is 4.27. The maximum absolute atomic E-state index is 12.8. The molecule has 0 aliphatic carbocycles. The summed E-state index contributed by atoms with van der Waals surface area (Å²) in [6, 6.07) is 17.0. The number of anilines is 2. The van der Waals surface area contributed by atoms with Crippen molar-refractivity contribution in [2.24, 2.45) is 7.05 Å². The van der Waals surface area contributed by atoms with E-state index in [4.69, 9.17) is 0 Å². The molecule has 124 valence electrons. The van der Waals surface area contributed by atoms with Gasteiger partial charge >= 0.3 is 0 Å². The molecule has 3 aromatic rings. The topological polar surface area (TPSA) is 59.2 Å². The molecule has 1 unspecified atom stereocenters. The first-order valence-corrected chi connectivity index (χ1v) is 7.88. The number of benzene rings is 2. The third-order valence-electron chi connectivity index (χ3n) is 4.22. The van der Waals surface area contributed by atoms with Crippen molar-refractivity contribution in [1.29, 1.82) is 0 Å². The van der Waals surface area contributed by atoms with Crippen LogP contribution in [0.15, 0.2) is 59.4 Å². The maximum atomic E-state index is 12.8. The number of nitrogens with zero attached hydrogens (tertiary/aromatic N) is 2. The Bertz CT molecular complexity index is 891. The minimum Gasteiger partial charge on any atom is -0.389 e. The fourth-order valence-electron chi connectivity index (χ4n) is 2.70. The van der Waals surface area contributed by atoms with Crippen molar-refractivity contribution in [3.63, 3.8) is 0 Å². The van der Waals surface area contributed by atoms with E-state index in [0.717, 1.165) is 22.6 Å². The second-order valence-corrected chi connectivity index (χ2v) is 5.86. The normalized spacial score (nSPS) is 12.2. The number of nitrogens with one attached hydrogen (secondary N) is 1. The lowest BCUT2D eigenvalue weighted by Crippen LogP contribution is -2.20. The second-order valence-electron chi connectivity index (χ2n) is 5.86. The molecule has 3 rings (SSSR count). The third-order valence-corrected chi connectivity index (χ3v) is 4.22. The van der Waals surface area contributed by atoms with Crippen molar-refractivity contribution in [3.8, 4) is 5.69 Å². The third kappa shape index (κ3) is 2.86. The van der Waals surface area contributed by atoms with Crippen LogP contribution in [0.1, 0.15) is 24.3 Å². The minimum atomic E-state index is -0.507. The van der Waals surface area contributed by atoms with E-state index in [1.807, 2.05) is 73.3 Å². The summed E-state index contributed by atoms with van der Waals surface area (Å²) in [6.45, 7) is 3.63. The Balaban J connectivity index is 1.99. The average molecular weight is 323 g/mol. The summed E-state index contributed by atoms with van der Waals surface area (Å²) < 4.78 is 3.48. The highest BCUT2D eigenvalue weighted by atomic mass is 16.3. The zero-order valence-corrected chi connectivity index (χ0v) is 14.0. The molecule has 0 aliphatic rings. The zero-order valence-electron chi connectivity index (χ0n) is 14.0. The van der Waals surface area contributed by atoms with E-state index in [9.17, 15) is 9.90 Å². The first-order chi connectivity index (χ1) is 11.5. The van der Waals surface area contributed by atoms with E-state index in [1.54, 1.807) is 11.6 Å². The molecule has 0 spiro atoms. The standard InChI is InChI=1S/C19H21N3O2/c1-13-18(20-16-11-9-15(10-12-16)14(2)23)19(24)22(21(13)3)17-7-5-4-6-8-17/h4-12,14,20,23H,1-3H3. The summed E-state index contributed by atoms with van der Waals surface area (Å²) in [7, 11) is 1.87. The molecule has 0 radical (unpaired) electrons. The van der Waals surface area contributed by atoms with Gasteiger partial charge in [-0.1, -0.05) is 30.3 Å². The molecule has 0 bridgehead atoms. The van der Waals surface area contributed by atoms with Crippen molar-refractivity contribution >= 4 is 11.4 Å². The molecule has 0 fully saturated rings. The van der Waals surface area contributed by atoms with Gasteiger partial charge < -0.3 is 10.4 Å². The predicted octanol–water partition coefficient (Wildman–Crippen LogP) is 3.28. The molecule has 0 saturated heterocycles. The largest absolute Gasteiger partial charge is 0.389 e. The molecule has 1 heterocycles. The highest BCUT2D eigenvalue weighted by Gasteiger charge is 2.16. The highest BCUT2D eigenvalue weighted by molar-refractivity contribution is 5.62. The summed E-state index contributed by atoms with van der Waals surface area (Å²) in [5.41, 5.74) is 3.78. The highest BCUT2D eigenvalue weighted by Crippen LogP contribution is 2.21. The van der Waals surface area contributed by atoms with E-state index >= 15 is 0 Å². The van der Waals surface area contributed by atoms with Crippen LogP contribution in [-0.2, 0) is 7.05 Å². The molecular weight excluding hydrogens is 302 g/mol. The van der Waals surface area contributed by atoms with Gasteiger partial charge in [0.15, 0.2) is 0 Å². The van der Waals surface area contributed by atoms with Gasteiger partial charge in [0, 0.05) is 12.7 Å². The van der Waals surface area contributed by atoms with Crippen molar-refractivity contribution in [2.45, 2.75) is 20.0 Å². The van der Waals surface area contributed by atoms with E-state index < -0.39 is 6.10 Å². The molecular formula is C19H21N3O2. The van der Waals surface area contributed by atoms with E-state index in [-0.39, 0.29) is 5.56 Å². The SMILES string of the molecule is Cc1c(Nc2ccc(C(C)O)cc2)c(=O)n(-c2ccccc2)n1C. The number of aromatic nitrogens is 2. The van der Waals surface area contributed by atoms with Gasteiger partial charge in [-0.2, -0.15) is 0 Å². The molecule has 1 atom stereocenters.